The van der Waals surface area contributed by atoms with Gasteiger partial charge in [0.15, 0.2) is 0 Å². The molecule has 53 heavy (non-hydrogen) atoms. The molecule has 0 aromatic carbocycles. The van der Waals surface area contributed by atoms with Crippen molar-refractivity contribution in [2.24, 2.45) is 0 Å². The number of nitrogens with one attached hydrogen (secondary N) is 1. The molecule has 0 aliphatic carbocycles. The first-order valence-corrected chi connectivity index (χ1v) is 23.0. The van der Waals surface area contributed by atoms with Gasteiger partial charge in [-0.1, -0.05) is 222 Å². The van der Waals surface area contributed by atoms with Gasteiger partial charge in [-0.05, 0) is 57.8 Å². The lowest BCUT2D eigenvalue weighted by Gasteiger charge is -2.19. The monoisotopic (exact) mass is 740 g/mol. The molecule has 0 saturated carbocycles. The molecule has 3 N–H and O–H groups in total. The second-order valence-corrected chi connectivity index (χ2v) is 15.4. The Morgan fingerprint density at radius 2 is 0.830 bits per heavy atom. The van der Waals surface area contributed by atoms with E-state index >= 15 is 0 Å². The van der Waals surface area contributed by atoms with Gasteiger partial charge in [0, 0.05) is 6.42 Å². The lowest BCUT2D eigenvalue weighted by molar-refractivity contribution is -0.123. The Morgan fingerprint density at radius 1 is 0.472 bits per heavy atom. The molecule has 0 spiro atoms. The first-order chi connectivity index (χ1) is 26.2. The Morgan fingerprint density at radius 3 is 1.25 bits per heavy atom. The van der Waals surface area contributed by atoms with Crippen molar-refractivity contribution in [2.75, 3.05) is 6.61 Å². The third-order valence-electron chi connectivity index (χ3n) is 10.3. The van der Waals surface area contributed by atoms with Gasteiger partial charge >= 0.3 is 0 Å². The van der Waals surface area contributed by atoms with Gasteiger partial charge in [-0.15, -0.1) is 0 Å². The molecule has 0 saturated heterocycles. The third kappa shape index (κ3) is 41.1. The largest absolute Gasteiger partial charge is 0.394 e. The summed E-state index contributed by atoms with van der Waals surface area (Å²) in [6.45, 7) is 4.18. The highest BCUT2D eigenvalue weighted by Crippen LogP contribution is 2.16. The topological polar surface area (TPSA) is 69.6 Å². The first-order valence-electron chi connectivity index (χ1n) is 23.0. The van der Waals surface area contributed by atoms with E-state index in [-0.39, 0.29) is 12.5 Å². The van der Waals surface area contributed by atoms with Crippen LogP contribution in [0.25, 0.3) is 0 Å². The van der Waals surface area contributed by atoms with Crippen LogP contribution in [0.4, 0.5) is 0 Å². The van der Waals surface area contributed by atoms with Crippen LogP contribution in [-0.4, -0.2) is 34.9 Å². The van der Waals surface area contributed by atoms with Gasteiger partial charge in [-0.25, -0.2) is 0 Å². The fraction of sp³-hybridized carbons (Fsp3) is 0.776. The van der Waals surface area contributed by atoms with Crippen LogP contribution in [0.1, 0.15) is 226 Å². The van der Waals surface area contributed by atoms with Crippen molar-refractivity contribution in [1.29, 1.82) is 0 Å². The van der Waals surface area contributed by atoms with E-state index in [9.17, 15) is 15.0 Å². The van der Waals surface area contributed by atoms with E-state index in [1.165, 1.54) is 148 Å². The minimum Gasteiger partial charge on any atom is -0.394 e. The predicted octanol–water partition coefficient (Wildman–Crippen LogP) is 14.5. The van der Waals surface area contributed by atoms with Gasteiger partial charge in [-0.2, -0.15) is 0 Å². The highest BCUT2D eigenvalue weighted by atomic mass is 16.3. The SMILES string of the molecule is CC/C=C\C/C=C\C/C=C\C/C=C\CCCCC(=O)NC(CO)C(O)/C=C/CCCCCCCCCCCCCCCCCCCCCCCCCC. The Hall–Kier alpha value is -1.91. The number of carbonyl (C=O) groups excluding carboxylic acids is 1. The van der Waals surface area contributed by atoms with E-state index in [1.807, 2.05) is 6.08 Å². The summed E-state index contributed by atoms with van der Waals surface area (Å²) in [7, 11) is 0. The molecule has 0 aliphatic rings. The van der Waals surface area contributed by atoms with Gasteiger partial charge in [0.25, 0.3) is 0 Å². The molecule has 0 radical (unpaired) electrons. The van der Waals surface area contributed by atoms with E-state index in [1.54, 1.807) is 6.08 Å². The number of aliphatic hydroxyl groups is 2. The number of rotatable bonds is 41. The fourth-order valence-electron chi connectivity index (χ4n) is 6.76. The van der Waals surface area contributed by atoms with E-state index in [4.69, 9.17) is 0 Å². The summed E-state index contributed by atoms with van der Waals surface area (Å²) in [5.41, 5.74) is 0. The van der Waals surface area contributed by atoms with Crippen LogP contribution in [0, 0.1) is 0 Å². The first kappa shape index (κ1) is 51.1. The second kappa shape index (κ2) is 44.5. The van der Waals surface area contributed by atoms with Crippen molar-refractivity contribution in [3.8, 4) is 0 Å². The summed E-state index contributed by atoms with van der Waals surface area (Å²) in [4.78, 5) is 12.4. The molecule has 4 nitrogen and oxygen atoms in total. The van der Waals surface area contributed by atoms with E-state index in [2.05, 4.69) is 67.8 Å². The van der Waals surface area contributed by atoms with Crippen LogP contribution in [0.3, 0.4) is 0 Å². The van der Waals surface area contributed by atoms with E-state index in [0.717, 1.165) is 57.8 Å². The lowest BCUT2D eigenvalue weighted by Crippen LogP contribution is -2.45. The third-order valence-corrected chi connectivity index (χ3v) is 10.3. The van der Waals surface area contributed by atoms with Gasteiger partial charge in [0.2, 0.25) is 5.91 Å². The molecule has 0 aromatic heterocycles. The zero-order valence-electron chi connectivity index (χ0n) is 35.3. The Bertz CT molecular complexity index is 888. The van der Waals surface area contributed by atoms with Crippen molar-refractivity contribution in [2.45, 2.75) is 238 Å². The van der Waals surface area contributed by atoms with E-state index in [0.29, 0.717) is 6.42 Å². The molecular weight excluding hydrogens is 651 g/mol. The number of unbranched alkanes of at least 4 members (excludes halogenated alkanes) is 26. The molecule has 0 aliphatic heterocycles. The zero-order valence-corrected chi connectivity index (χ0v) is 35.3. The normalized spacial score (nSPS) is 13.5. The molecule has 0 fully saturated rings. The maximum atomic E-state index is 12.4. The van der Waals surface area contributed by atoms with Crippen molar-refractivity contribution >= 4 is 5.91 Å². The molecule has 2 unspecified atom stereocenters. The molecule has 0 bridgehead atoms. The number of hydrogen-bond donors (Lipinski definition) is 3. The standard InChI is InChI=1S/C49H89NO3/c1-3-5-7-9-11-13-15-17-19-20-21-22-23-24-25-26-27-28-29-31-32-34-36-38-40-42-44-48(52)47(46-51)50-49(53)45-43-41-39-37-35-33-30-18-16-14-12-10-8-6-4-2/h6,8,12,14,18,30,35,37,42,44,47-48,51-52H,3-5,7,9-11,13,15-17,19-29,31-34,36,38-41,43,45-46H2,1-2H3,(H,50,53)/b8-6-,14-12-,30-18-,37-35-,44-42+. The average Bonchev–Trinajstić information content (AvgIpc) is 3.16. The van der Waals surface area contributed by atoms with Crippen LogP contribution >= 0.6 is 0 Å². The van der Waals surface area contributed by atoms with Crippen LogP contribution in [0.2, 0.25) is 0 Å². The van der Waals surface area contributed by atoms with Crippen molar-refractivity contribution in [1.82, 2.24) is 5.32 Å². The summed E-state index contributed by atoms with van der Waals surface area (Å²) in [6, 6.07) is -0.646. The number of aliphatic hydroxyl groups excluding tert-OH is 2. The van der Waals surface area contributed by atoms with Crippen LogP contribution in [-0.2, 0) is 4.79 Å². The highest BCUT2D eigenvalue weighted by Gasteiger charge is 2.17. The molecule has 0 rings (SSSR count). The minimum absolute atomic E-state index is 0.105. The predicted molar refractivity (Wildman–Crippen MR) is 234 cm³/mol. The number of carbonyl (C=O) groups is 1. The van der Waals surface area contributed by atoms with Gasteiger partial charge in [-0.3, -0.25) is 4.79 Å². The van der Waals surface area contributed by atoms with E-state index < -0.39 is 12.1 Å². The van der Waals surface area contributed by atoms with Crippen molar-refractivity contribution < 1.29 is 15.0 Å². The lowest BCUT2D eigenvalue weighted by atomic mass is 10.0. The smallest absolute Gasteiger partial charge is 0.220 e. The number of allylic oxidation sites excluding steroid dienone is 9. The fourth-order valence-corrected chi connectivity index (χ4v) is 6.76. The minimum atomic E-state index is -0.859. The van der Waals surface area contributed by atoms with Crippen LogP contribution in [0.15, 0.2) is 60.8 Å². The molecule has 2 atom stereocenters. The Kier molecular flexibility index (Phi) is 42.9. The molecule has 0 aromatic rings. The quantitative estimate of drug-likeness (QED) is 0.0432. The van der Waals surface area contributed by atoms with Gasteiger partial charge in [0.1, 0.15) is 0 Å². The summed E-state index contributed by atoms with van der Waals surface area (Å²) in [5.74, 6) is -0.105. The molecule has 0 heterocycles. The number of hydrogen-bond acceptors (Lipinski definition) is 3. The molecular formula is C49H89NO3. The van der Waals surface area contributed by atoms with Gasteiger partial charge in [0.05, 0.1) is 18.8 Å². The highest BCUT2D eigenvalue weighted by molar-refractivity contribution is 5.76. The van der Waals surface area contributed by atoms with Crippen LogP contribution < -0.4 is 5.32 Å². The zero-order chi connectivity index (χ0) is 38.6. The summed E-state index contributed by atoms with van der Waals surface area (Å²) >= 11 is 0. The summed E-state index contributed by atoms with van der Waals surface area (Å²) in [6.07, 6.45) is 62.1. The second-order valence-electron chi connectivity index (χ2n) is 15.4. The maximum absolute atomic E-state index is 12.4. The average molecular weight is 740 g/mol. The van der Waals surface area contributed by atoms with Gasteiger partial charge < -0.3 is 15.5 Å². The molecule has 4 heteroatoms. The van der Waals surface area contributed by atoms with Crippen molar-refractivity contribution in [3.05, 3.63) is 60.8 Å². The number of amides is 1. The Balaban J connectivity index is 3.57. The van der Waals surface area contributed by atoms with Crippen LogP contribution in [0.5, 0.6) is 0 Å². The van der Waals surface area contributed by atoms with Crippen molar-refractivity contribution in [3.63, 3.8) is 0 Å². The maximum Gasteiger partial charge on any atom is 0.220 e. The molecule has 308 valence electrons. The molecule has 1 amide bonds. The summed E-state index contributed by atoms with van der Waals surface area (Å²) in [5, 5.41) is 23.0. The summed E-state index contributed by atoms with van der Waals surface area (Å²) < 4.78 is 0. The Labute approximate surface area is 330 Å².